The average Bonchev–Trinajstić information content (AvgIpc) is 3.53. The summed E-state index contributed by atoms with van der Waals surface area (Å²) < 4.78 is 2.31. The van der Waals surface area contributed by atoms with E-state index >= 15 is 0 Å². The van der Waals surface area contributed by atoms with Crippen molar-refractivity contribution in [3.05, 3.63) is 144 Å². The van der Waals surface area contributed by atoms with Crippen LogP contribution in [0.4, 0.5) is 0 Å². The van der Waals surface area contributed by atoms with E-state index < -0.39 is 0 Å². The fourth-order valence-electron chi connectivity index (χ4n) is 6.87. The van der Waals surface area contributed by atoms with Crippen molar-refractivity contribution in [3.8, 4) is 16.3 Å². The molecule has 2 unspecified atom stereocenters. The molecule has 44 heavy (non-hydrogen) atoms. The summed E-state index contributed by atoms with van der Waals surface area (Å²) in [4.78, 5) is 17.2. The Bertz CT molecular complexity index is 2430. The van der Waals surface area contributed by atoms with Gasteiger partial charge in [0.15, 0.2) is 6.20 Å². The van der Waals surface area contributed by atoms with Gasteiger partial charge in [-0.25, -0.2) is 4.98 Å². The highest BCUT2D eigenvalue weighted by Crippen LogP contribution is 2.46. The highest BCUT2D eigenvalue weighted by Gasteiger charge is 2.28. The van der Waals surface area contributed by atoms with Crippen LogP contribution in [0.1, 0.15) is 34.8 Å². The molecule has 208 valence electrons. The molecule has 9 rings (SSSR count). The highest BCUT2D eigenvalue weighted by molar-refractivity contribution is 7.16. The molecule has 1 aliphatic rings. The van der Waals surface area contributed by atoms with Gasteiger partial charge in [-0.05, 0) is 71.0 Å². The van der Waals surface area contributed by atoms with Gasteiger partial charge in [-0.1, -0.05) is 55.5 Å². The van der Waals surface area contributed by atoms with E-state index in [9.17, 15) is 0 Å². The first-order valence-corrected chi connectivity index (χ1v) is 15.8. The maximum absolute atomic E-state index is 5.19. The van der Waals surface area contributed by atoms with Crippen LogP contribution in [0.3, 0.4) is 0 Å². The SMILES string of the molecule is CC1c2cc(-c3ccccn3)sc2C=CC1c1cnc2c(c1)c(-[n+]1cccc3ccc4cccnc4c31)cc1ccccc12. The fourth-order valence-corrected chi connectivity index (χ4v) is 8.03. The number of aromatic nitrogens is 4. The molecule has 0 saturated carbocycles. The van der Waals surface area contributed by atoms with E-state index in [1.165, 1.54) is 26.3 Å². The van der Waals surface area contributed by atoms with Crippen molar-refractivity contribution in [1.29, 1.82) is 0 Å². The molecule has 0 spiro atoms. The van der Waals surface area contributed by atoms with Crippen molar-refractivity contribution in [2.45, 2.75) is 18.8 Å². The van der Waals surface area contributed by atoms with Crippen LogP contribution in [0.25, 0.3) is 65.8 Å². The maximum Gasteiger partial charge on any atom is 0.244 e. The molecule has 0 amide bonds. The molecule has 0 aliphatic heterocycles. The first-order chi connectivity index (χ1) is 21.7. The van der Waals surface area contributed by atoms with Crippen molar-refractivity contribution >= 4 is 60.9 Å². The summed E-state index contributed by atoms with van der Waals surface area (Å²) in [5.74, 6) is 0.523. The summed E-state index contributed by atoms with van der Waals surface area (Å²) in [5.41, 5.74) is 7.85. The summed E-state index contributed by atoms with van der Waals surface area (Å²) in [5, 5.41) is 5.75. The smallest absolute Gasteiger partial charge is 0.244 e. The van der Waals surface area contributed by atoms with Crippen LogP contribution in [0.15, 0.2) is 128 Å². The molecule has 0 fully saturated rings. The van der Waals surface area contributed by atoms with Crippen LogP contribution in [-0.2, 0) is 0 Å². The molecule has 0 bridgehead atoms. The van der Waals surface area contributed by atoms with E-state index in [0.29, 0.717) is 5.92 Å². The van der Waals surface area contributed by atoms with Gasteiger partial charge in [-0.15, -0.1) is 11.3 Å². The van der Waals surface area contributed by atoms with Gasteiger partial charge in [0.2, 0.25) is 11.2 Å². The largest absolute Gasteiger partial charge is 0.255 e. The topological polar surface area (TPSA) is 42.5 Å². The first kappa shape index (κ1) is 25.3. The molecule has 3 aromatic carbocycles. The zero-order valence-corrected chi connectivity index (χ0v) is 24.9. The van der Waals surface area contributed by atoms with Crippen molar-refractivity contribution in [1.82, 2.24) is 15.0 Å². The quantitative estimate of drug-likeness (QED) is 0.154. The van der Waals surface area contributed by atoms with Crippen molar-refractivity contribution in [3.63, 3.8) is 0 Å². The molecule has 2 atom stereocenters. The number of hydrogen-bond donors (Lipinski definition) is 0. The van der Waals surface area contributed by atoms with Crippen molar-refractivity contribution in [2.75, 3.05) is 0 Å². The zero-order chi connectivity index (χ0) is 29.2. The summed E-state index contributed by atoms with van der Waals surface area (Å²) >= 11 is 1.82. The van der Waals surface area contributed by atoms with Gasteiger partial charge in [0.05, 0.1) is 21.5 Å². The molecule has 0 N–H and O–H groups in total. The summed E-state index contributed by atoms with van der Waals surface area (Å²) in [6.07, 6.45) is 12.6. The number of nitrogens with zero attached hydrogens (tertiary/aromatic N) is 4. The van der Waals surface area contributed by atoms with E-state index in [1.807, 2.05) is 35.9 Å². The summed E-state index contributed by atoms with van der Waals surface area (Å²) in [6.45, 7) is 2.34. The van der Waals surface area contributed by atoms with Crippen LogP contribution in [-0.4, -0.2) is 15.0 Å². The molecular formula is C39H27N4S+. The van der Waals surface area contributed by atoms with E-state index in [-0.39, 0.29) is 5.92 Å². The van der Waals surface area contributed by atoms with Crippen LogP contribution in [0.5, 0.6) is 0 Å². The molecule has 0 saturated heterocycles. The minimum absolute atomic E-state index is 0.213. The molecule has 8 aromatic rings. The third-order valence-electron chi connectivity index (χ3n) is 9.06. The number of thiophene rings is 1. The third kappa shape index (κ3) is 3.90. The molecule has 5 aromatic heterocycles. The first-order valence-electron chi connectivity index (χ1n) is 15.0. The number of pyridine rings is 4. The van der Waals surface area contributed by atoms with Gasteiger partial charge in [-0.3, -0.25) is 9.97 Å². The number of fused-ring (bicyclic) bond motifs is 7. The highest BCUT2D eigenvalue weighted by atomic mass is 32.1. The van der Waals surface area contributed by atoms with Gasteiger partial charge in [0.25, 0.3) is 0 Å². The zero-order valence-electron chi connectivity index (χ0n) is 24.1. The Morgan fingerprint density at radius 3 is 2.48 bits per heavy atom. The lowest BCUT2D eigenvalue weighted by Gasteiger charge is -2.25. The normalized spacial score (nSPS) is 16.2. The number of hydrogen-bond acceptors (Lipinski definition) is 4. The van der Waals surface area contributed by atoms with Crippen molar-refractivity contribution in [2.24, 2.45) is 0 Å². The number of rotatable bonds is 3. The second kappa shape index (κ2) is 9.90. The predicted molar refractivity (Wildman–Crippen MR) is 181 cm³/mol. The van der Waals surface area contributed by atoms with Gasteiger partial charge in [-0.2, -0.15) is 4.57 Å². The van der Waals surface area contributed by atoms with Gasteiger partial charge in [0, 0.05) is 57.7 Å². The molecular weight excluding hydrogens is 557 g/mol. The lowest BCUT2D eigenvalue weighted by atomic mass is 9.79. The van der Waals surface area contributed by atoms with Gasteiger partial charge < -0.3 is 0 Å². The maximum atomic E-state index is 5.19. The lowest BCUT2D eigenvalue weighted by Crippen LogP contribution is -2.31. The Balaban J connectivity index is 1.25. The number of benzene rings is 3. The Morgan fingerprint density at radius 1 is 0.705 bits per heavy atom. The summed E-state index contributed by atoms with van der Waals surface area (Å²) in [7, 11) is 0. The Morgan fingerprint density at radius 2 is 1.55 bits per heavy atom. The Hall–Kier alpha value is -5.26. The van der Waals surface area contributed by atoms with E-state index in [0.717, 1.165) is 49.5 Å². The Labute approximate surface area is 258 Å². The molecule has 5 heteroatoms. The standard InChI is InChI=1S/C39H27N4S/c1-24-29(15-16-35-31(24)22-36(44-35)33-12-4-5-17-40-33)28-20-32-34(21-27-8-2-3-11-30(27)38(32)42-23-28)43-19-7-10-26-14-13-25-9-6-18-41-37(25)39(26)43/h2-24,29H,1H3/q+1. The second-order valence-corrected chi connectivity index (χ2v) is 12.6. The third-order valence-corrected chi connectivity index (χ3v) is 10.2. The minimum atomic E-state index is 0.213. The molecule has 4 nitrogen and oxygen atoms in total. The predicted octanol–water partition coefficient (Wildman–Crippen LogP) is 9.40. The fraction of sp³-hybridized carbons (Fsp3) is 0.0769. The molecule has 5 heterocycles. The van der Waals surface area contributed by atoms with Crippen LogP contribution in [0.2, 0.25) is 0 Å². The average molecular weight is 584 g/mol. The monoisotopic (exact) mass is 583 g/mol. The van der Waals surface area contributed by atoms with E-state index in [1.54, 1.807) is 0 Å². The molecule has 1 aliphatic carbocycles. The minimum Gasteiger partial charge on any atom is -0.255 e. The molecule has 0 radical (unpaired) electrons. The van der Waals surface area contributed by atoms with Crippen LogP contribution >= 0.6 is 11.3 Å². The lowest BCUT2D eigenvalue weighted by molar-refractivity contribution is -0.564. The Kier molecular flexibility index (Phi) is 5.68. The van der Waals surface area contributed by atoms with Gasteiger partial charge in [0.1, 0.15) is 5.52 Å². The van der Waals surface area contributed by atoms with Gasteiger partial charge >= 0.3 is 0 Å². The van der Waals surface area contributed by atoms with E-state index in [4.69, 9.17) is 9.97 Å². The summed E-state index contributed by atoms with van der Waals surface area (Å²) in [6, 6.07) is 34.4. The second-order valence-electron chi connectivity index (χ2n) is 11.6. The number of allylic oxidation sites excluding steroid dienone is 1. The van der Waals surface area contributed by atoms with Crippen LogP contribution < -0.4 is 4.57 Å². The van der Waals surface area contributed by atoms with Crippen LogP contribution in [0, 0.1) is 0 Å². The van der Waals surface area contributed by atoms with Crippen molar-refractivity contribution < 1.29 is 4.57 Å². The van der Waals surface area contributed by atoms with E-state index in [2.05, 4.69) is 126 Å².